The van der Waals surface area contributed by atoms with Crippen LogP contribution in [0.15, 0.2) is 18.5 Å². The molecule has 25 heavy (non-hydrogen) atoms. The first-order valence-electron chi connectivity index (χ1n) is 8.92. The van der Waals surface area contributed by atoms with Gasteiger partial charge in [0.1, 0.15) is 11.6 Å². The molecule has 0 bridgehead atoms. The number of anilines is 1. The number of amides is 1. The highest BCUT2D eigenvalue weighted by Gasteiger charge is 2.30. The number of hydrogen-bond acceptors (Lipinski definition) is 6. The smallest absolute Gasteiger partial charge is 0.225 e. The number of aryl methyl sites for hydroxylation is 2. The van der Waals surface area contributed by atoms with Crippen LogP contribution >= 0.6 is 0 Å². The summed E-state index contributed by atoms with van der Waals surface area (Å²) >= 11 is 0. The van der Waals surface area contributed by atoms with Gasteiger partial charge in [-0.15, -0.1) is 10.2 Å². The van der Waals surface area contributed by atoms with Gasteiger partial charge >= 0.3 is 0 Å². The first-order chi connectivity index (χ1) is 12.2. The summed E-state index contributed by atoms with van der Waals surface area (Å²) in [4.78, 5) is 23.5. The van der Waals surface area contributed by atoms with E-state index in [1.165, 1.54) is 0 Å². The summed E-state index contributed by atoms with van der Waals surface area (Å²) in [6.07, 6.45) is 7.16. The van der Waals surface area contributed by atoms with E-state index < -0.39 is 0 Å². The predicted molar refractivity (Wildman–Crippen MR) is 92.0 cm³/mol. The molecule has 1 saturated heterocycles. The minimum atomic E-state index is -0.0130. The van der Waals surface area contributed by atoms with Gasteiger partial charge in [0.2, 0.25) is 11.9 Å². The fraction of sp³-hybridized carbons (Fsp3) is 0.588. The highest BCUT2D eigenvalue weighted by atomic mass is 16.2. The number of nitrogens with one attached hydrogen (secondary N) is 1. The van der Waals surface area contributed by atoms with Gasteiger partial charge in [-0.25, -0.2) is 9.97 Å². The van der Waals surface area contributed by atoms with Crippen molar-refractivity contribution >= 4 is 11.9 Å². The van der Waals surface area contributed by atoms with E-state index >= 15 is 0 Å². The molecule has 0 saturated carbocycles. The predicted octanol–water partition coefficient (Wildman–Crippen LogP) is 0.724. The third-order valence-corrected chi connectivity index (χ3v) is 5.11. The summed E-state index contributed by atoms with van der Waals surface area (Å²) in [6, 6.07) is 1.96. The molecule has 4 rings (SSSR count). The van der Waals surface area contributed by atoms with Crippen LogP contribution in [0.1, 0.15) is 30.9 Å². The van der Waals surface area contributed by atoms with Gasteiger partial charge in [0.25, 0.3) is 0 Å². The number of hydrogen-bond donors (Lipinski definition) is 1. The third-order valence-electron chi connectivity index (χ3n) is 5.11. The van der Waals surface area contributed by atoms with Crippen molar-refractivity contribution in [1.82, 2.24) is 30.0 Å². The van der Waals surface area contributed by atoms with E-state index in [0.717, 1.165) is 50.4 Å². The van der Waals surface area contributed by atoms with E-state index in [2.05, 4.69) is 34.9 Å². The van der Waals surface area contributed by atoms with Gasteiger partial charge in [0, 0.05) is 44.5 Å². The first kappa shape index (κ1) is 16.0. The van der Waals surface area contributed by atoms with Crippen LogP contribution in [0.25, 0.3) is 0 Å². The molecular formula is C17H23N7O. The second-order valence-electron chi connectivity index (χ2n) is 6.85. The van der Waals surface area contributed by atoms with Gasteiger partial charge in [-0.2, -0.15) is 0 Å². The number of nitrogens with zero attached hydrogens (tertiary/aromatic N) is 6. The summed E-state index contributed by atoms with van der Waals surface area (Å²) in [5.74, 6) is 2.77. The maximum absolute atomic E-state index is 12.8. The fourth-order valence-electron chi connectivity index (χ4n) is 3.73. The quantitative estimate of drug-likeness (QED) is 0.885. The number of carbonyl (C=O) groups is 1. The van der Waals surface area contributed by atoms with Crippen molar-refractivity contribution < 1.29 is 4.79 Å². The second kappa shape index (κ2) is 6.78. The molecule has 1 N–H and O–H groups in total. The zero-order chi connectivity index (χ0) is 17.2. The van der Waals surface area contributed by atoms with Gasteiger partial charge < -0.3 is 14.8 Å². The Balaban J connectivity index is 1.37. The molecule has 0 aromatic carbocycles. The SMILES string of the molecule is Cc1nnc2n1CC(NC(=O)C1CCCN(c3ncccn3)C1)CC2. The van der Waals surface area contributed by atoms with E-state index in [1.807, 2.05) is 13.0 Å². The number of fused-ring (bicyclic) bond motifs is 1. The molecular weight excluding hydrogens is 318 g/mol. The van der Waals surface area contributed by atoms with Crippen LogP contribution in [0.4, 0.5) is 5.95 Å². The van der Waals surface area contributed by atoms with Crippen LogP contribution in [0.2, 0.25) is 0 Å². The van der Waals surface area contributed by atoms with Crippen molar-refractivity contribution in [2.45, 2.75) is 45.2 Å². The normalized spacial score (nSPS) is 23.2. The van der Waals surface area contributed by atoms with Crippen LogP contribution < -0.4 is 10.2 Å². The van der Waals surface area contributed by atoms with E-state index in [0.29, 0.717) is 12.5 Å². The van der Waals surface area contributed by atoms with Crippen molar-refractivity contribution in [3.63, 3.8) is 0 Å². The zero-order valence-corrected chi connectivity index (χ0v) is 14.4. The Morgan fingerprint density at radius 2 is 2.04 bits per heavy atom. The molecule has 0 aliphatic carbocycles. The summed E-state index contributed by atoms with van der Waals surface area (Å²) in [5.41, 5.74) is 0. The molecule has 2 aliphatic rings. The van der Waals surface area contributed by atoms with Gasteiger partial charge in [-0.3, -0.25) is 4.79 Å². The topological polar surface area (TPSA) is 88.8 Å². The molecule has 1 amide bonds. The summed E-state index contributed by atoms with van der Waals surface area (Å²) in [6.45, 7) is 4.30. The Hall–Kier alpha value is -2.51. The van der Waals surface area contributed by atoms with Gasteiger partial charge in [0.15, 0.2) is 0 Å². The van der Waals surface area contributed by atoms with Gasteiger partial charge in [-0.1, -0.05) is 0 Å². The van der Waals surface area contributed by atoms with Crippen LogP contribution in [-0.2, 0) is 17.8 Å². The summed E-state index contributed by atoms with van der Waals surface area (Å²) < 4.78 is 2.11. The van der Waals surface area contributed by atoms with Crippen LogP contribution in [0, 0.1) is 12.8 Å². The number of aromatic nitrogens is 5. The fourth-order valence-corrected chi connectivity index (χ4v) is 3.73. The molecule has 2 aromatic rings. The van der Waals surface area contributed by atoms with Crippen LogP contribution in [-0.4, -0.2) is 49.8 Å². The lowest BCUT2D eigenvalue weighted by Crippen LogP contribution is -2.48. The van der Waals surface area contributed by atoms with Crippen molar-refractivity contribution in [3.8, 4) is 0 Å². The Bertz CT molecular complexity index is 745. The molecule has 132 valence electrons. The Morgan fingerprint density at radius 3 is 2.88 bits per heavy atom. The maximum Gasteiger partial charge on any atom is 0.225 e. The molecule has 2 aliphatic heterocycles. The molecule has 1 fully saturated rings. The van der Waals surface area contributed by atoms with Crippen molar-refractivity contribution in [2.75, 3.05) is 18.0 Å². The standard InChI is InChI=1S/C17H23N7O/c1-12-21-22-15-6-5-14(11-24(12)15)20-16(25)13-4-2-9-23(10-13)17-18-7-3-8-19-17/h3,7-8,13-14H,2,4-6,9-11H2,1H3,(H,20,25). The molecule has 4 heterocycles. The number of rotatable bonds is 3. The van der Waals surface area contributed by atoms with Crippen molar-refractivity contribution in [3.05, 3.63) is 30.1 Å². The average Bonchev–Trinajstić information content (AvgIpc) is 3.03. The van der Waals surface area contributed by atoms with E-state index in [-0.39, 0.29) is 17.9 Å². The molecule has 2 aromatic heterocycles. The number of piperidine rings is 1. The molecule has 2 atom stereocenters. The monoisotopic (exact) mass is 341 g/mol. The Morgan fingerprint density at radius 1 is 1.20 bits per heavy atom. The zero-order valence-electron chi connectivity index (χ0n) is 14.4. The molecule has 0 radical (unpaired) electrons. The maximum atomic E-state index is 12.8. The van der Waals surface area contributed by atoms with Crippen LogP contribution in [0.3, 0.4) is 0 Å². The summed E-state index contributed by atoms with van der Waals surface area (Å²) in [7, 11) is 0. The lowest BCUT2D eigenvalue weighted by Gasteiger charge is -2.33. The second-order valence-corrected chi connectivity index (χ2v) is 6.85. The summed E-state index contributed by atoms with van der Waals surface area (Å²) in [5, 5.41) is 11.5. The highest BCUT2D eigenvalue weighted by molar-refractivity contribution is 5.79. The molecule has 2 unspecified atom stereocenters. The third kappa shape index (κ3) is 3.33. The molecule has 8 nitrogen and oxygen atoms in total. The van der Waals surface area contributed by atoms with Crippen molar-refractivity contribution in [1.29, 1.82) is 0 Å². The van der Waals surface area contributed by atoms with Crippen LogP contribution in [0.5, 0.6) is 0 Å². The van der Waals surface area contributed by atoms with E-state index in [4.69, 9.17) is 0 Å². The lowest BCUT2D eigenvalue weighted by atomic mass is 9.96. The van der Waals surface area contributed by atoms with Gasteiger partial charge in [-0.05, 0) is 32.3 Å². The van der Waals surface area contributed by atoms with Crippen molar-refractivity contribution in [2.24, 2.45) is 5.92 Å². The largest absolute Gasteiger partial charge is 0.351 e. The minimum Gasteiger partial charge on any atom is -0.351 e. The average molecular weight is 341 g/mol. The minimum absolute atomic E-state index is 0.0130. The van der Waals surface area contributed by atoms with Gasteiger partial charge in [0.05, 0.1) is 5.92 Å². The number of carbonyl (C=O) groups excluding carboxylic acids is 1. The first-order valence-corrected chi connectivity index (χ1v) is 8.92. The Kier molecular flexibility index (Phi) is 4.33. The molecule has 0 spiro atoms. The van der Waals surface area contributed by atoms with E-state index in [1.54, 1.807) is 12.4 Å². The molecule has 8 heteroatoms. The van der Waals surface area contributed by atoms with E-state index in [9.17, 15) is 4.79 Å². The highest BCUT2D eigenvalue weighted by Crippen LogP contribution is 2.21. The lowest BCUT2D eigenvalue weighted by molar-refractivity contribution is -0.126. The Labute approximate surface area is 146 Å².